The molecule has 0 aromatic carbocycles. The Bertz CT molecular complexity index is 488. The van der Waals surface area contributed by atoms with Crippen LogP contribution in [0.3, 0.4) is 0 Å². The van der Waals surface area contributed by atoms with Crippen LogP contribution in [0.25, 0.3) is 0 Å². The third kappa shape index (κ3) is 3.04. The van der Waals surface area contributed by atoms with Crippen molar-refractivity contribution < 1.29 is 9.59 Å². The lowest BCUT2D eigenvalue weighted by Gasteiger charge is -2.27. The van der Waals surface area contributed by atoms with Crippen LogP contribution in [0.5, 0.6) is 0 Å². The lowest BCUT2D eigenvalue weighted by Crippen LogP contribution is -2.40. The lowest BCUT2D eigenvalue weighted by atomic mass is 9.85. The summed E-state index contributed by atoms with van der Waals surface area (Å²) in [5.74, 6) is -0.576. The molecule has 0 unspecified atom stereocenters. The normalized spacial score (nSPS) is 23.0. The zero-order valence-corrected chi connectivity index (χ0v) is 10.9. The van der Waals surface area contributed by atoms with Gasteiger partial charge in [0, 0.05) is 25.2 Å². The van der Waals surface area contributed by atoms with Crippen LogP contribution in [-0.2, 0) is 11.8 Å². The van der Waals surface area contributed by atoms with Crippen LogP contribution >= 0.6 is 0 Å². The minimum absolute atomic E-state index is 0.0597. The Morgan fingerprint density at radius 1 is 1.37 bits per heavy atom. The number of hydrogen-bond acceptors (Lipinski definition) is 4. The number of carbonyl (C=O) groups excluding carboxylic acids is 2. The molecule has 1 aliphatic rings. The highest BCUT2D eigenvalue weighted by Gasteiger charge is 2.26. The molecule has 0 radical (unpaired) electrons. The van der Waals surface area contributed by atoms with Gasteiger partial charge < -0.3 is 16.8 Å². The number of nitrogen functional groups attached to an aromatic ring is 1. The average molecular weight is 265 g/mol. The first-order chi connectivity index (χ1) is 8.97. The predicted octanol–water partition coefficient (Wildman–Crippen LogP) is -0.224. The Balaban J connectivity index is 1.91. The Labute approximate surface area is 111 Å². The molecule has 0 aliphatic heterocycles. The number of aromatic nitrogens is 2. The number of anilines is 1. The Morgan fingerprint density at radius 2 is 2.00 bits per heavy atom. The van der Waals surface area contributed by atoms with Crippen molar-refractivity contribution >= 4 is 17.5 Å². The number of nitrogens with one attached hydrogen (secondary N) is 1. The third-order valence-corrected chi connectivity index (χ3v) is 3.54. The molecule has 2 rings (SSSR count). The van der Waals surface area contributed by atoms with Gasteiger partial charge in [-0.3, -0.25) is 14.3 Å². The zero-order valence-electron chi connectivity index (χ0n) is 10.9. The molecule has 1 fully saturated rings. The van der Waals surface area contributed by atoms with E-state index in [1.807, 2.05) is 0 Å². The second-order valence-electron chi connectivity index (χ2n) is 5.03. The fraction of sp³-hybridized carbons (Fsp3) is 0.583. The molecule has 0 bridgehead atoms. The number of rotatable bonds is 3. The fourth-order valence-corrected chi connectivity index (χ4v) is 2.46. The topological polar surface area (TPSA) is 116 Å². The van der Waals surface area contributed by atoms with Crippen LogP contribution in [0, 0.1) is 5.92 Å². The lowest BCUT2D eigenvalue weighted by molar-refractivity contribution is -0.122. The monoisotopic (exact) mass is 265 g/mol. The van der Waals surface area contributed by atoms with Gasteiger partial charge in [-0.15, -0.1) is 0 Å². The summed E-state index contributed by atoms with van der Waals surface area (Å²) in [4.78, 5) is 23.1. The summed E-state index contributed by atoms with van der Waals surface area (Å²) < 4.78 is 1.51. The van der Waals surface area contributed by atoms with E-state index in [0.29, 0.717) is 5.69 Å². The van der Waals surface area contributed by atoms with E-state index < -0.39 is 0 Å². The van der Waals surface area contributed by atoms with Crippen molar-refractivity contribution in [2.75, 3.05) is 5.73 Å². The van der Waals surface area contributed by atoms with Crippen LogP contribution in [0.4, 0.5) is 5.69 Å². The molecule has 0 spiro atoms. The predicted molar refractivity (Wildman–Crippen MR) is 70.0 cm³/mol. The van der Waals surface area contributed by atoms with Gasteiger partial charge in [0.2, 0.25) is 5.91 Å². The first kappa shape index (κ1) is 13.4. The number of nitrogens with zero attached hydrogens (tertiary/aromatic N) is 2. The van der Waals surface area contributed by atoms with Crippen LogP contribution in [0.15, 0.2) is 6.20 Å². The molecule has 1 saturated carbocycles. The van der Waals surface area contributed by atoms with Gasteiger partial charge >= 0.3 is 0 Å². The quantitative estimate of drug-likeness (QED) is 0.700. The number of hydrogen-bond donors (Lipinski definition) is 3. The zero-order chi connectivity index (χ0) is 14.0. The van der Waals surface area contributed by atoms with Crippen molar-refractivity contribution in [1.82, 2.24) is 15.1 Å². The molecule has 1 heterocycles. The summed E-state index contributed by atoms with van der Waals surface area (Å²) in [6.45, 7) is 0. The molecule has 1 aliphatic carbocycles. The number of aryl methyl sites for hydroxylation is 1. The Kier molecular flexibility index (Phi) is 3.73. The average Bonchev–Trinajstić information content (AvgIpc) is 2.69. The molecule has 5 N–H and O–H groups in total. The minimum atomic E-state index is -0.263. The number of nitrogens with two attached hydrogens (primary N) is 2. The van der Waals surface area contributed by atoms with Gasteiger partial charge in [-0.2, -0.15) is 5.10 Å². The molecule has 7 nitrogen and oxygen atoms in total. The second-order valence-corrected chi connectivity index (χ2v) is 5.03. The van der Waals surface area contributed by atoms with Crippen molar-refractivity contribution in [3.8, 4) is 0 Å². The Hall–Kier alpha value is -2.05. The molecule has 1 aromatic rings. The van der Waals surface area contributed by atoms with E-state index >= 15 is 0 Å². The molecule has 2 amide bonds. The standard InChI is InChI=1S/C12H19N5O2/c1-17-6-9(13)10(16-17)12(19)15-8-4-2-7(3-5-8)11(14)18/h6-8H,2-5,13H2,1H3,(H2,14,18)(H,15,19). The molecule has 0 saturated heterocycles. The van der Waals surface area contributed by atoms with Crippen LogP contribution in [0.1, 0.15) is 36.2 Å². The number of primary amides is 1. The highest BCUT2D eigenvalue weighted by atomic mass is 16.2. The van der Waals surface area contributed by atoms with Crippen molar-refractivity contribution in [3.63, 3.8) is 0 Å². The van der Waals surface area contributed by atoms with Gasteiger partial charge in [0.05, 0.1) is 5.69 Å². The van der Waals surface area contributed by atoms with Crippen molar-refractivity contribution in [2.45, 2.75) is 31.7 Å². The smallest absolute Gasteiger partial charge is 0.274 e. The van der Waals surface area contributed by atoms with E-state index in [2.05, 4.69) is 10.4 Å². The van der Waals surface area contributed by atoms with Gasteiger partial charge in [0.25, 0.3) is 5.91 Å². The minimum Gasteiger partial charge on any atom is -0.396 e. The molecule has 104 valence electrons. The van der Waals surface area contributed by atoms with E-state index in [1.54, 1.807) is 13.2 Å². The maximum absolute atomic E-state index is 12.0. The summed E-state index contributed by atoms with van der Waals surface area (Å²) in [6.07, 6.45) is 4.55. The van der Waals surface area contributed by atoms with E-state index in [-0.39, 0.29) is 29.5 Å². The number of carbonyl (C=O) groups is 2. The largest absolute Gasteiger partial charge is 0.396 e. The summed E-state index contributed by atoms with van der Waals surface area (Å²) in [6, 6.07) is 0.0597. The van der Waals surface area contributed by atoms with Gasteiger partial charge in [-0.1, -0.05) is 0 Å². The summed E-state index contributed by atoms with van der Waals surface area (Å²) in [5.41, 5.74) is 11.6. The first-order valence-corrected chi connectivity index (χ1v) is 6.36. The highest BCUT2D eigenvalue weighted by Crippen LogP contribution is 2.24. The van der Waals surface area contributed by atoms with Crippen molar-refractivity contribution in [3.05, 3.63) is 11.9 Å². The van der Waals surface area contributed by atoms with E-state index in [1.165, 1.54) is 4.68 Å². The van der Waals surface area contributed by atoms with E-state index in [9.17, 15) is 9.59 Å². The van der Waals surface area contributed by atoms with Gasteiger partial charge in [-0.05, 0) is 25.7 Å². The Morgan fingerprint density at radius 3 is 2.47 bits per heavy atom. The first-order valence-electron chi connectivity index (χ1n) is 6.36. The molecular weight excluding hydrogens is 246 g/mol. The maximum atomic E-state index is 12.0. The maximum Gasteiger partial charge on any atom is 0.274 e. The van der Waals surface area contributed by atoms with E-state index in [0.717, 1.165) is 25.7 Å². The van der Waals surface area contributed by atoms with Crippen molar-refractivity contribution in [1.29, 1.82) is 0 Å². The fourth-order valence-electron chi connectivity index (χ4n) is 2.46. The van der Waals surface area contributed by atoms with Crippen LogP contribution in [-0.4, -0.2) is 27.6 Å². The summed E-state index contributed by atoms with van der Waals surface area (Å²) >= 11 is 0. The van der Waals surface area contributed by atoms with Gasteiger partial charge in [0.15, 0.2) is 5.69 Å². The van der Waals surface area contributed by atoms with Crippen molar-refractivity contribution in [2.24, 2.45) is 18.7 Å². The SMILES string of the molecule is Cn1cc(N)c(C(=O)NC2CCC(C(N)=O)CC2)n1. The molecule has 1 aromatic heterocycles. The molecule has 0 atom stereocenters. The second kappa shape index (κ2) is 5.29. The van der Waals surface area contributed by atoms with Crippen LogP contribution in [0.2, 0.25) is 0 Å². The molecule has 7 heteroatoms. The van der Waals surface area contributed by atoms with E-state index in [4.69, 9.17) is 11.5 Å². The van der Waals surface area contributed by atoms with Gasteiger partial charge in [-0.25, -0.2) is 0 Å². The summed E-state index contributed by atoms with van der Waals surface area (Å²) in [7, 11) is 1.71. The molecule has 19 heavy (non-hydrogen) atoms. The van der Waals surface area contributed by atoms with Crippen LogP contribution < -0.4 is 16.8 Å². The summed E-state index contributed by atoms with van der Waals surface area (Å²) in [5, 5.41) is 6.93. The number of amides is 2. The highest BCUT2D eigenvalue weighted by molar-refractivity contribution is 5.97. The van der Waals surface area contributed by atoms with Gasteiger partial charge in [0.1, 0.15) is 0 Å². The molecular formula is C12H19N5O2. The third-order valence-electron chi connectivity index (χ3n) is 3.54.